The van der Waals surface area contributed by atoms with Crippen LogP contribution in [0, 0.1) is 0 Å². The van der Waals surface area contributed by atoms with Gasteiger partial charge in [-0.1, -0.05) is 114 Å². The van der Waals surface area contributed by atoms with Gasteiger partial charge >= 0.3 is 0 Å². The molecule has 39 heavy (non-hydrogen) atoms. The molecule has 1 aliphatic rings. The monoisotopic (exact) mass is 542 g/mol. The lowest BCUT2D eigenvalue weighted by Crippen LogP contribution is -2.23. The molecule has 0 aliphatic carbocycles. The second-order valence-corrected chi connectivity index (χ2v) is 14.0. The number of hydrogen-bond donors (Lipinski definition) is 2. The van der Waals surface area contributed by atoms with Crippen molar-refractivity contribution in [1.29, 1.82) is 0 Å². The molecule has 206 valence electrons. The molecule has 2 atom stereocenters. The largest absolute Gasteiger partial charge is 0.507 e. The van der Waals surface area contributed by atoms with Gasteiger partial charge in [0.05, 0.1) is 0 Å². The van der Waals surface area contributed by atoms with Crippen molar-refractivity contribution in [1.82, 2.24) is 5.43 Å². The van der Waals surface area contributed by atoms with Gasteiger partial charge in [0.25, 0.3) is 0 Å². The van der Waals surface area contributed by atoms with Gasteiger partial charge < -0.3 is 5.11 Å². The molecule has 5 heteroatoms. The summed E-state index contributed by atoms with van der Waals surface area (Å²) >= 11 is 1.98. The van der Waals surface area contributed by atoms with Crippen LogP contribution in [0.15, 0.2) is 77.9 Å². The summed E-state index contributed by atoms with van der Waals surface area (Å²) in [5.41, 5.74) is 8.98. The minimum atomic E-state index is -0.197. The first-order valence-corrected chi connectivity index (χ1v) is 14.8. The van der Waals surface area contributed by atoms with E-state index in [1.807, 2.05) is 23.9 Å². The highest BCUT2D eigenvalue weighted by Crippen LogP contribution is 2.49. The molecule has 0 saturated carbocycles. The molecule has 0 spiro atoms. The molecule has 4 rings (SSSR count). The number of aryl methyl sites for hydroxylation is 1. The average molecular weight is 543 g/mol. The van der Waals surface area contributed by atoms with Crippen molar-refractivity contribution < 1.29 is 9.90 Å². The molecule has 3 aromatic carbocycles. The molecule has 1 amide bonds. The van der Waals surface area contributed by atoms with Crippen LogP contribution in [-0.2, 0) is 22.0 Å². The fourth-order valence-electron chi connectivity index (χ4n) is 5.06. The van der Waals surface area contributed by atoms with Crippen molar-refractivity contribution in [2.24, 2.45) is 5.10 Å². The Hall–Kier alpha value is -3.05. The molecule has 3 aromatic rings. The van der Waals surface area contributed by atoms with Crippen LogP contribution in [0.1, 0.15) is 99.1 Å². The van der Waals surface area contributed by atoms with Crippen LogP contribution in [0.25, 0.3) is 0 Å². The van der Waals surface area contributed by atoms with Crippen molar-refractivity contribution in [3.8, 4) is 5.75 Å². The van der Waals surface area contributed by atoms with Crippen LogP contribution in [0.2, 0.25) is 0 Å². The highest BCUT2D eigenvalue weighted by atomic mass is 32.2. The summed E-state index contributed by atoms with van der Waals surface area (Å²) in [6.45, 7) is 12.6. The van der Waals surface area contributed by atoms with Gasteiger partial charge in [-0.2, -0.15) is 5.10 Å². The summed E-state index contributed by atoms with van der Waals surface area (Å²) in [6, 6.07) is 25.2. The summed E-state index contributed by atoms with van der Waals surface area (Å²) in [4.78, 5) is 12.9. The van der Waals surface area contributed by atoms with Gasteiger partial charge in [0.15, 0.2) is 0 Å². The maximum atomic E-state index is 12.9. The molecular weight excluding hydrogens is 500 g/mol. The number of phenolic OH excluding ortho intramolecular Hbond substituents is 1. The molecule has 1 aliphatic heterocycles. The molecule has 2 unspecified atom stereocenters. The van der Waals surface area contributed by atoms with Gasteiger partial charge in [0.2, 0.25) is 5.91 Å². The van der Waals surface area contributed by atoms with Crippen LogP contribution < -0.4 is 5.43 Å². The Morgan fingerprint density at radius 1 is 0.846 bits per heavy atom. The Balaban J connectivity index is 1.48. The Morgan fingerprint density at radius 2 is 1.31 bits per heavy atom. The van der Waals surface area contributed by atoms with Crippen molar-refractivity contribution in [2.45, 2.75) is 88.6 Å². The summed E-state index contributed by atoms with van der Waals surface area (Å²) in [7, 11) is 0. The van der Waals surface area contributed by atoms with Crippen LogP contribution in [0.5, 0.6) is 5.75 Å². The van der Waals surface area contributed by atoms with Crippen LogP contribution in [0.4, 0.5) is 0 Å². The summed E-state index contributed by atoms with van der Waals surface area (Å²) in [6.07, 6.45) is 2.58. The average Bonchev–Trinajstić information content (AvgIpc) is 2.91. The lowest BCUT2D eigenvalue weighted by Gasteiger charge is -2.30. The van der Waals surface area contributed by atoms with E-state index in [9.17, 15) is 9.90 Å². The van der Waals surface area contributed by atoms with Crippen molar-refractivity contribution in [3.05, 3.63) is 101 Å². The number of thioether (sulfide) groups is 1. The van der Waals surface area contributed by atoms with Crippen molar-refractivity contribution in [3.63, 3.8) is 0 Å². The molecular formula is C34H42N2O2S. The second kappa shape index (κ2) is 12.0. The van der Waals surface area contributed by atoms with Gasteiger partial charge in [-0.15, -0.1) is 11.8 Å². The third-order valence-corrected chi connectivity index (χ3v) is 8.81. The first-order valence-electron chi connectivity index (χ1n) is 13.9. The number of carbonyl (C=O) groups excluding carboxylic acids is 1. The Kier molecular flexibility index (Phi) is 8.90. The number of benzene rings is 3. The van der Waals surface area contributed by atoms with Gasteiger partial charge in [0.1, 0.15) is 5.75 Å². The minimum Gasteiger partial charge on any atom is -0.507 e. The number of carbonyl (C=O) groups is 1. The smallest absolute Gasteiger partial charge is 0.240 e. The number of nitrogens with zero attached hydrogens (tertiary/aromatic N) is 1. The number of hydrazone groups is 1. The number of rotatable bonds is 6. The van der Waals surface area contributed by atoms with E-state index in [1.165, 1.54) is 11.1 Å². The maximum Gasteiger partial charge on any atom is 0.240 e. The van der Waals surface area contributed by atoms with Gasteiger partial charge in [-0.25, -0.2) is 5.43 Å². The molecule has 2 N–H and O–H groups in total. The normalized spacial score (nSPS) is 18.1. The van der Waals surface area contributed by atoms with Crippen molar-refractivity contribution >= 4 is 23.4 Å². The summed E-state index contributed by atoms with van der Waals surface area (Å²) < 4.78 is 0. The molecule has 4 nitrogen and oxygen atoms in total. The van der Waals surface area contributed by atoms with Crippen LogP contribution in [0.3, 0.4) is 0 Å². The second-order valence-electron chi connectivity index (χ2n) is 12.6. The number of nitrogens with one attached hydrogen (secondary N) is 1. The van der Waals surface area contributed by atoms with Crippen LogP contribution in [-0.4, -0.2) is 16.7 Å². The van der Waals surface area contributed by atoms with Crippen LogP contribution >= 0.6 is 11.8 Å². The highest BCUT2D eigenvalue weighted by molar-refractivity contribution is 7.99. The lowest BCUT2D eigenvalue weighted by molar-refractivity contribution is -0.121. The third-order valence-electron chi connectivity index (χ3n) is 7.28. The Morgan fingerprint density at radius 3 is 1.74 bits per heavy atom. The molecule has 0 bridgehead atoms. The van der Waals surface area contributed by atoms with Crippen molar-refractivity contribution in [2.75, 3.05) is 0 Å². The molecule has 0 radical (unpaired) electrons. The minimum absolute atomic E-state index is 0.0871. The number of hydrogen-bond acceptors (Lipinski definition) is 4. The maximum absolute atomic E-state index is 12.9. The van der Waals surface area contributed by atoms with Gasteiger partial charge in [0, 0.05) is 35.5 Å². The van der Waals surface area contributed by atoms with E-state index in [2.05, 4.69) is 113 Å². The number of amides is 1. The third kappa shape index (κ3) is 7.54. The SMILES string of the molecule is CC(C)(C)c1cc(CCC(=O)NN=C2CC(c3ccccc3)SC(c3ccccc3)C2)cc(C(C)(C)C)c1O. The van der Waals surface area contributed by atoms with E-state index < -0.39 is 0 Å². The van der Waals surface area contributed by atoms with Gasteiger partial charge in [-0.05, 0) is 45.1 Å². The standard InChI is InChI=1S/C34H42N2O2S/c1-33(2,3)27-19-23(20-28(32(27)38)34(4,5)6)17-18-31(37)36-35-26-21-29(24-13-9-7-10-14-24)39-30(22-26)25-15-11-8-12-16-25/h7-16,19-20,29-30,38H,17-18,21-22H2,1-6H3,(H,36,37). The molecule has 1 saturated heterocycles. The van der Waals surface area contributed by atoms with E-state index in [4.69, 9.17) is 0 Å². The zero-order valence-electron chi connectivity index (χ0n) is 24.1. The Labute approximate surface area is 238 Å². The summed E-state index contributed by atoms with van der Waals surface area (Å²) in [5, 5.41) is 16.2. The number of phenols is 1. The molecule has 0 aromatic heterocycles. The fraction of sp³-hybridized carbons (Fsp3) is 0.412. The quantitative estimate of drug-likeness (QED) is 0.307. The zero-order valence-corrected chi connectivity index (χ0v) is 24.9. The zero-order chi connectivity index (χ0) is 28.2. The summed E-state index contributed by atoms with van der Waals surface area (Å²) in [5.74, 6) is 0.279. The fourth-order valence-corrected chi connectivity index (χ4v) is 6.66. The van der Waals surface area contributed by atoms with E-state index in [-0.39, 0.29) is 16.7 Å². The molecule has 1 heterocycles. The topological polar surface area (TPSA) is 61.7 Å². The van der Waals surface area contributed by atoms with E-state index in [0.29, 0.717) is 29.1 Å². The lowest BCUT2D eigenvalue weighted by atomic mass is 9.78. The first kappa shape index (κ1) is 28.9. The highest BCUT2D eigenvalue weighted by Gasteiger charge is 2.29. The van der Waals surface area contributed by atoms with E-state index >= 15 is 0 Å². The predicted molar refractivity (Wildman–Crippen MR) is 165 cm³/mol. The Bertz CT molecular complexity index is 1220. The predicted octanol–water partition coefficient (Wildman–Crippen LogP) is 8.40. The molecule has 1 fully saturated rings. The first-order chi connectivity index (χ1) is 18.4. The van der Waals surface area contributed by atoms with E-state index in [0.717, 1.165) is 35.2 Å². The van der Waals surface area contributed by atoms with E-state index in [1.54, 1.807) is 0 Å². The van der Waals surface area contributed by atoms with Gasteiger partial charge in [-0.3, -0.25) is 4.79 Å². The number of aromatic hydroxyl groups is 1.